The molecule has 0 saturated heterocycles. The lowest BCUT2D eigenvalue weighted by atomic mass is 9.68. The van der Waals surface area contributed by atoms with Gasteiger partial charge in [0, 0.05) is 44.2 Å². The molecule has 10 heteroatoms. The molecule has 6 aliphatic rings. The van der Waals surface area contributed by atoms with Gasteiger partial charge in [-0.05, 0) is 60.1 Å². The Balaban J connectivity index is 1.16. The number of fused-ring (bicyclic) bond motifs is 10. The average molecular weight is 763 g/mol. The monoisotopic (exact) mass is 762 g/mol. The maximum atomic E-state index is 13.9. The molecule has 2 aromatic carbocycles. The second-order valence-corrected chi connectivity index (χ2v) is 17.4. The molecule has 6 aliphatic carbocycles. The molecule has 0 N–H and O–H groups in total. The van der Waals surface area contributed by atoms with Crippen LogP contribution < -0.4 is 0 Å². The first-order valence-electron chi connectivity index (χ1n) is 19.0. The van der Waals surface area contributed by atoms with E-state index in [1.165, 1.54) is 11.1 Å². The Morgan fingerprint density at radius 1 is 0.554 bits per heavy atom. The molecule has 268 valence electrons. The molecule has 56 heavy (non-hydrogen) atoms. The van der Waals surface area contributed by atoms with Crippen LogP contribution in [-0.4, -0.2) is 21.5 Å². The van der Waals surface area contributed by atoms with Gasteiger partial charge in [0.2, 0.25) is 0 Å². The molecule has 2 spiro atoms. The van der Waals surface area contributed by atoms with Crippen LogP contribution in [0.3, 0.4) is 0 Å². The van der Waals surface area contributed by atoms with Gasteiger partial charge < -0.3 is 0 Å². The average Bonchev–Trinajstić information content (AvgIpc) is 4.05. The molecule has 0 unspecified atom stereocenters. The van der Waals surface area contributed by atoms with Crippen molar-refractivity contribution in [3.8, 4) is 24.3 Å². The van der Waals surface area contributed by atoms with Crippen LogP contribution in [0.15, 0.2) is 70.8 Å². The van der Waals surface area contributed by atoms with Crippen LogP contribution in [-0.2, 0) is 10.8 Å². The number of nitrogens with zero attached hydrogens (tertiary/aromatic N) is 6. The highest BCUT2D eigenvalue weighted by molar-refractivity contribution is 7.15. The van der Waals surface area contributed by atoms with Crippen molar-refractivity contribution in [3.63, 3.8) is 0 Å². The molecule has 0 radical (unpaired) electrons. The second kappa shape index (κ2) is 12.6. The highest BCUT2D eigenvalue weighted by Gasteiger charge is 2.60. The van der Waals surface area contributed by atoms with Crippen LogP contribution in [0.1, 0.15) is 127 Å². The normalized spacial score (nSPS) is 20.7. The van der Waals surface area contributed by atoms with Gasteiger partial charge in [0.15, 0.2) is 11.6 Å². The van der Waals surface area contributed by atoms with Gasteiger partial charge >= 0.3 is 0 Å². The lowest BCUT2D eigenvalue weighted by Gasteiger charge is -2.35. The number of ketones is 2. The first kappa shape index (κ1) is 34.2. The number of carbonyl (C=O) groups is 2. The first-order valence-corrected chi connectivity index (χ1v) is 20.6. The van der Waals surface area contributed by atoms with E-state index in [2.05, 4.69) is 0 Å². The third-order valence-corrected chi connectivity index (χ3v) is 14.7. The van der Waals surface area contributed by atoms with Crippen LogP contribution in [0.25, 0.3) is 34.4 Å². The van der Waals surface area contributed by atoms with Gasteiger partial charge in [-0.2, -0.15) is 21.0 Å². The maximum absolute atomic E-state index is 13.9. The third kappa shape index (κ3) is 4.52. The van der Waals surface area contributed by atoms with Crippen LogP contribution in [0, 0.1) is 45.3 Å². The van der Waals surface area contributed by atoms with Crippen LogP contribution >= 0.6 is 22.7 Å². The summed E-state index contributed by atoms with van der Waals surface area (Å²) < 4.78 is 0. The maximum Gasteiger partial charge on any atom is 0.194 e. The number of carbonyl (C=O) groups excluding carboxylic acids is 2. The van der Waals surface area contributed by atoms with Gasteiger partial charge in [-0.3, -0.25) is 9.59 Å². The van der Waals surface area contributed by atoms with Crippen molar-refractivity contribution >= 4 is 68.7 Å². The minimum absolute atomic E-state index is 0.0899. The standard InChI is InChI=1S/C46H30N6O2S2/c47-21-25(22-48)35-27-11-3-5-13-29(27)39(53)31(35)19-33-51-43-42(56-33)38-37(45(43)15-7-1-8-16-45)41-44(46(38)17-9-2-10-18-46)52-34(55-41)20-32-36(26(23-49)24-50)28-12-4-6-14-30(28)40(32)54/h3-6,11-14,19-20H,1-2,7-10,15-18H2/b31-19-,32-20-. The molecule has 2 fully saturated rings. The zero-order chi connectivity index (χ0) is 38.3. The van der Waals surface area contributed by atoms with Crippen molar-refractivity contribution in [2.24, 2.45) is 0 Å². The Morgan fingerprint density at radius 3 is 1.27 bits per heavy atom. The zero-order valence-electron chi connectivity index (χ0n) is 30.2. The number of Topliss-reactive ketones (excluding diaryl/α,β-unsaturated/α-hetero) is 2. The smallest absolute Gasteiger partial charge is 0.194 e. The van der Waals surface area contributed by atoms with Gasteiger partial charge in [0.05, 0.1) is 21.1 Å². The minimum Gasteiger partial charge on any atom is -0.289 e. The van der Waals surface area contributed by atoms with Crippen molar-refractivity contribution in [1.82, 2.24) is 9.97 Å². The van der Waals surface area contributed by atoms with E-state index >= 15 is 0 Å². The topological polar surface area (TPSA) is 155 Å². The van der Waals surface area contributed by atoms with E-state index in [9.17, 15) is 30.6 Å². The number of nitriles is 4. The molecular formula is C46H30N6O2S2. The Kier molecular flexibility index (Phi) is 7.71. The van der Waals surface area contributed by atoms with Gasteiger partial charge in [-0.15, -0.1) is 22.7 Å². The van der Waals surface area contributed by atoms with Crippen LogP contribution in [0.4, 0.5) is 0 Å². The summed E-state index contributed by atoms with van der Waals surface area (Å²) in [6, 6.07) is 22.4. The molecular weight excluding hydrogens is 733 g/mol. The third-order valence-electron chi connectivity index (χ3n) is 12.7. The number of rotatable bonds is 2. The largest absolute Gasteiger partial charge is 0.289 e. The van der Waals surface area contributed by atoms with Crippen molar-refractivity contribution < 1.29 is 9.59 Å². The highest BCUT2D eigenvalue weighted by Crippen LogP contribution is 2.70. The van der Waals surface area contributed by atoms with Crippen molar-refractivity contribution in [1.29, 1.82) is 21.0 Å². The van der Waals surface area contributed by atoms with Gasteiger partial charge in [0.1, 0.15) is 45.4 Å². The van der Waals surface area contributed by atoms with Crippen molar-refractivity contribution in [3.05, 3.63) is 124 Å². The Morgan fingerprint density at radius 2 is 0.911 bits per heavy atom. The quantitative estimate of drug-likeness (QED) is 0.144. The van der Waals surface area contributed by atoms with E-state index < -0.39 is 0 Å². The molecule has 2 aromatic heterocycles. The van der Waals surface area contributed by atoms with E-state index in [4.69, 9.17) is 9.97 Å². The first-order chi connectivity index (χ1) is 27.4. The molecule has 0 atom stereocenters. The fourth-order valence-electron chi connectivity index (χ4n) is 10.4. The molecule has 8 nitrogen and oxygen atoms in total. The van der Waals surface area contributed by atoms with E-state index in [1.807, 2.05) is 36.4 Å². The number of benzene rings is 2. The molecule has 0 bridgehead atoms. The number of hydrogen-bond donors (Lipinski definition) is 0. The highest BCUT2D eigenvalue weighted by atomic mass is 32.1. The van der Waals surface area contributed by atoms with Crippen molar-refractivity contribution in [2.45, 2.75) is 75.0 Å². The molecule has 0 amide bonds. The fourth-order valence-corrected chi connectivity index (χ4v) is 12.9. The second-order valence-electron chi connectivity index (χ2n) is 15.3. The summed E-state index contributed by atoms with van der Waals surface area (Å²) in [5.41, 5.74) is 7.52. The van der Waals surface area contributed by atoms with Crippen LogP contribution in [0.2, 0.25) is 0 Å². The predicted octanol–water partition coefficient (Wildman–Crippen LogP) is 10.1. The molecule has 0 aliphatic heterocycles. The molecule has 2 saturated carbocycles. The molecule has 4 aromatic rings. The minimum atomic E-state index is -0.326. The number of aromatic nitrogens is 2. The lowest BCUT2D eigenvalue weighted by molar-refractivity contribution is 0.103. The molecule has 2 heterocycles. The SMILES string of the molecule is N#CC(C#N)=C1/C(=C/c2nc3c(s2)C2=C(c4sc(/C=C5\C(=O)c6ccccc6C5=C(C#N)C#N)nc4C24CCCCC4)C32CCCCC2)C(=O)c2ccccc21. The number of thiazole rings is 2. The summed E-state index contributed by atoms with van der Waals surface area (Å²) in [6.07, 6.45) is 13.9. The lowest BCUT2D eigenvalue weighted by Crippen LogP contribution is -2.29. The number of hydrogen-bond acceptors (Lipinski definition) is 10. The van der Waals surface area contributed by atoms with Gasteiger partial charge in [-0.1, -0.05) is 87.1 Å². The summed E-state index contributed by atoms with van der Waals surface area (Å²) in [5, 5.41) is 41.1. The van der Waals surface area contributed by atoms with E-state index in [-0.39, 0.29) is 33.5 Å². The number of allylic oxidation sites excluding steroid dienone is 8. The predicted molar refractivity (Wildman–Crippen MR) is 214 cm³/mol. The van der Waals surface area contributed by atoms with Crippen molar-refractivity contribution in [2.75, 3.05) is 0 Å². The Labute approximate surface area is 331 Å². The summed E-state index contributed by atoms with van der Waals surface area (Å²) in [7, 11) is 0. The molecule has 10 rings (SSSR count). The zero-order valence-corrected chi connectivity index (χ0v) is 31.8. The summed E-state index contributed by atoms with van der Waals surface area (Å²) in [5.74, 6) is -0.421. The van der Waals surface area contributed by atoms with E-state index in [0.29, 0.717) is 54.6 Å². The summed E-state index contributed by atoms with van der Waals surface area (Å²) in [6.45, 7) is 0. The van der Waals surface area contributed by atoms with Gasteiger partial charge in [0.25, 0.3) is 0 Å². The van der Waals surface area contributed by atoms with E-state index in [0.717, 1.165) is 85.4 Å². The summed E-state index contributed by atoms with van der Waals surface area (Å²) >= 11 is 3.21. The fraction of sp³-hybridized carbons (Fsp3) is 0.261. The summed E-state index contributed by atoms with van der Waals surface area (Å²) in [4.78, 5) is 40.9. The van der Waals surface area contributed by atoms with E-state index in [1.54, 1.807) is 71.2 Å². The van der Waals surface area contributed by atoms with Crippen LogP contribution in [0.5, 0.6) is 0 Å². The van der Waals surface area contributed by atoms with Gasteiger partial charge in [-0.25, -0.2) is 9.97 Å². The Bertz CT molecular complexity index is 2630. The Hall–Kier alpha value is -6.30.